The summed E-state index contributed by atoms with van der Waals surface area (Å²) in [6.45, 7) is 1.91. The van der Waals surface area contributed by atoms with E-state index in [1.54, 1.807) is 38.4 Å². The van der Waals surface area contributed by atoms with Crippen LogP contribution in [0.1, 0.15) is 15.4 Å². The highest BCUT2D eigenvalue weighted by molar-refractivity contribution is 7.20. The van der Waals surface area contributed by atoms with Crippen LogP contribution in [-0.2, 0) is 4.79 Å². The first kappa shape index (κ1) is 20.6. The van der Waals surface area contributed by atoms with Crippen LogP contribution in [0, 0.1) is 6.92 Å². The lowest BCUT2D eigenvalue weighted by molar-refractivity contribution is -0.130. The van der Waals surface area contributed by atoms with Gasteiger partial charge in [-0.05, 0) is 49.4 Å². The number of hydrogen-bond donors (Lipinski definition) is 1. The molecule has 2 aromatic carbocycles. The lowest BCUT2D eigenvalue weighted by Gasteiger charge is -2.11. The molecule has 0 bridgehead atoms. The third kappa shape index (κ3) is 4.44. The Hall–Kier alpha value is -3.65. The van der Waals surface area contributed by atoms with Gasteiger partial charge in [-0.1, -0.05) is 18.2 Å². The Balaban J connectivity index is 1.48. The number of rotatable bonds is 6. The van der Waals surface area contributed by atoms with E-state index in [1.807, 2.05) is 48.0 Å². The van der Waals surface area contributed by atoms with E-state index in [0.717, 1.165) is 21.6 Å². The largest absolute Gasteiger partial charge is 0.484 e. The predicted molar refractivity (Wildman–Crippen MR) is 122 cm³/mol. The number of amides is 2. The van der Waals surface area contributed by atoms with Crippen molar-refractivity contribution in [1.82, 2.24) is 14.7 Å². The minimum absolute atomic E-state index is 0.0295. The highest BCUT2D eigenvalue weighted by Gasteiger charge is 2.17. The van der Waals surface area contributed by atoms with E-state index in [0.29, 0.717) is 16.3 Å². The molecule has 0 spiro atoms. The van der Waals surface area contributed by atoms with Crippen molar-refractivity contribution in [2.24, 2.45) is 0 Å². The van der Waals surface area contributed by atoms with E-state index < -0.39 is 0 Å². The molecule has 8 heteroatoms. The van der Waals surface area contributed by atoms with Crippen molar-refractivity contribution in [2.75, 3.05) is 26.0 Å². The second-order valence-corrected chi connectivity index (χ2v) is 8.25. The lowest BCUT2D eigenvalue weighted by Crippen LogP contribution is -2.27. The molecule has 0 fully saturated rings. The number of thiophene rings is 1. The zero-order valence-electron chi connectivity index (χ0n) is 17.5. The van der Waals surface area contributed by atoms with Crippen molar-refractivity contribution in [3.63, 3.8) is 0 Å². The van der Waals surface area contributed by atoms with Gasteiger partial charge in [0.2, 0.25) is 0 Å². The molecule has 0 radical (unpaired) electrons. The van der Waals surface area contributed by atoms with Gasteiger partial charge in [-0.2, -0.15) is 5.10 Å². The molecule has 31 heavy (non-hydrogen) atoms. The van der Waals surface area contributed by atoms with Crippen LogP contribution in [0.5, 0.6) is 5.75 Å². The number of likely N-dealkylation sites (N-methyl/N-ethyl adjacent to an activating group) is 1. The molecular weight excluding hydrogens is 412 g/mol. The van der Waals surface area contributed by atoms with Gasteiger partial charge in [0.1, 0.15) is 10.6 Å². The molecule has 4 rings (SSSR count). The summed E-state index contributed by atoms with van der Waals surface area (Å²) < 4.78 is 7.33. The zero-order chi connectivity index (χ0) is 22.0. The number of ether oxygens (including phenoxy) is 1. The van der Waals surface area contributed by atoms with E-state index >= 15 is 0 Å². The maximum absolute atomic E-state index is 12.8. The molecule has 2 heterocycles. The Morgan fingerprint density at radius 2 is 1.81 bits per heavy atom. The summed E-state index contributed by atoms with van der Waals surface area (Å²) in [4.78, 5) is 27.4. The molecule has 0 atom stereocenters. The molecule has 1 N–H and O–H groups in total. The highest BCUT2D eigenvalue weighted by Crippen LogP contribution is 2.31. The SMILES string of the molecule is Cc1nn(-c2ccccc2)c2sc(C(=O)Nc3ccc(OCC(=O)N(C)C)cc3)cc12. The fourth-order valence-electron chi connectivity index (χ4n) is 3.00. The summed E-state index contributed by atoms with van der Waals surface area (Å²) in [5.74, 6) is 0.261. The first-order valence-corrected chi connectivity index (χ1v) is 10.5. The number of carbonyl (C=O) groups excluding carboxylic acids is 2. The smallest absolute Gasteiger partial charge is 0.265 e. The minimum Gasteiger partial charge on any atom is -0.484 e. The molecule has 0 aliphatic rings. The van der Waals surface area contributed by atoms with Gasteiger partial charge in [-0.3, -0.25) is 9.59 Å². The van der Waals surface area contributed by atoms with Gasteiger partial charge < -0.3 is 15.0 Å². The molecule has 0 saturated heterocycles. The number of nitrogens with one attached hydrogen (secondary N) is 1. The van der Waals surface area contributed by atoms with Crippen LogP contribution in [0.4, 0.5) is 5.69 Å². The topological polar surface area (TPSA) is 76.5 Å². The normalized spacial score (nSPS) is 10.8. The molecule has 2 amide bonds. The summed E-state index contributed by atoms with van der Waals surface area (Å²) in [5, 5.41) is 8.48. The predicted octanol–water partition coefficient (Wildman–Crippen LogP) is 4.11. The Bertz CT molecular complexity index is 1230. The number of hydrogen-bond acceptors (Lipinski definition) is 5. The lowest BCUT2D eigenvalue weighted by atomic mass is 10.2. The van der Waals surface area contributed by atoms with E-state index in [1.165, 1.54) is 16.2 Å². The molecule has 4 aromatic rings. The number of aromatic nitrogens is 2. The maximum Gasteiger partial charge on any atom is 0.265 e. The molecule has 7 nitrogen and oxygen atoms in total. The summed E-state index contributed by atoms with van der Waals surface area (Å²) in [6, 6.07) is 18.7. The minimum atomic E-state index is -0.184. The zero-order valence-corrected chi connectivity index (χ0v) is 18.3. The fourth-order valence-corrected chi connectivity index (χ4v) is 4.08. The summed E-state index contributed by atoms with van der Waals surface area (Å²) >= 11 is 1.41. The van der Waals surface area contributed by atoms with Gasteiger partial charge in [0.25, 0.3) is 11.8 Å². The van der Waals surface area contributed by atoms with Crippen LogP contribution in [0.15, 0.2) is 60.7 Å². The standard InChI is InChI=1S/C23H22N4O3S/c1-15-19-13-20(31-23(19)27(25-15)17-7-5-4-6-8-17)22(29)24-16-9-11-18(12-10-16)30-14-21(28)26(2)3/h4-13H,14H2,1-3H3,(H,24,29). The molecule has 0 aliphatic heterocycles. The van der Waals surface area contributed by atoms with E-state index in [2.05, 4.69) is 10.4 Å². The molecule has 0 unspecified atom stereocenters. The summed E-state index contributed by atoms with van der Waals surface area (Å²) in [6.07, 6.45) is 0. The average Bonchev–Trinajstić information content (AvgIpc) is 3.34. The molecule has 0 saturated carbocycles. The Morgan fingerprint density at radius 3 is 2.48 bits per heavy atom. The van der Waals surface area contributed by atoms with Crippen LogP contribution in [0.2, 0.25) is 0 Å². The van der Waals surface area contributed by atoms with E-state index in [9.17, 15) is 9.59 Å². The van der Waals surface area contributed by atoms with Crippen LogP contribution in [0.25, 0.3) is 15.9 Å². The maximum atomic E-state index is 12.8. The Morgan fingerprint density at radius 1 is 1.10 bits per heavy atom. The van der Waals surface area contributed by atoms with Crippen molar-refractivity contribution in [1.29, 1.82) is 0 Å². The second-order valence-electron chi connectivity index (χ2n) is 7.22. The van der Waals surface area contributed by atoms with Gasteiger partial charge >= 0.3 is 0 Å². The molecular formula is C23H22N4O3S. The second kappa shape index (κ2) is 8.61. The van der Waals surface area contributed by atoms with Gasteiger partial charge in [0, 0.05) is 25.2 Å². The number of benzene rings is 2. The van der Waals surface area contributed by atoms with Crippen molar-refractivity contribution >= 4 is 39.1 Å². The number of carbonyl (C=O) groups is 2. The summed E-state index contributed by atoms with van der Waals surface area (Å²) in [7, 11) is 3.36. The number of fused-ring (bicyclic) bond motifs is 1. The van der Waals surface area contributed by atoms with E-state index in [-0.39, 0.29) is 18.4 Å². The van der Waals surface area contributed by atoms with Crippen LogP contribution < -0.4 is 10.1 Å². The van der Waals surface area contributed by atoms with Crippen molar-refractivity contribution < 1.29 is 14.3 Å². The monoisotopic (exact) mass is 434 g/mol. The van der Waals surface area contributed by atoms with Gasteiger partial charge in [-0.25, -0.2) is 4.68 Å². The van der Waals surface area contributed by atoms with E-state index in [4.69, 9.17) is 4.74 Å². The molecule has 0 aliphatic carbocycles. The molecule has 158 valence electrons. The number of aryl methyl sites for hydroxylation is 1. The fraction of sp³-hybridized carbons (Fsp3) is 0.174. The van der Waals surface area contributed by atoms with Gasteiger partial charge in [0.05, 0.1) is 16.3 Å². The van der Waals surface area contributed by atoms with Crippen LogP contribution in [-0.4, -0.2) is 47.2 Å². The summed E-state index contributed by atoms with van der Waals surface area (Å²) in [5.41, 5.74) is 2.48. The van der Waals surface area contributed by atoms with Crippen molar-refractivity contribution in [2.45, 2.75) is 6.92 Å². The quantitative estimate of drug-likeness (QED) is 0.495. The van der Waals surface area contributed by atoms with Gasteiger partial charge in [-0.15, -0.1) is 11.3 Å². The highest BCUT2D eigenvalue weighted by atomic mass is 32.1. The Kier molecular flexibility index (Phi) is 5.73. The third-order valence-electron chi connectivity index (χ3n) is 4.74. The number of anilines is 1. The average molecular weight is 435 g/mol. The first-order valence-electron chi connectivity index (χ1n) is 9.71. The molecule has 2 aromatic heterocycles. The number of para-hydroxylation sites is 1. The number of nitrogens with zero attached hydrogens (tertiary/aromatic N) is 3. The third-order valence-corrected chi connectivity index (χ3v) is 5.85. The first-order chi connectivity index (χ1) is 14.9. The Labute approximate surface area is 183 Å². The van der Waals surface area contributed by atoms with Crippen molar-refractivity contribution in [3.8, 4) is 11.4 Å². The van der Waals surface area contributed by atoms with Crippen LogP contribution >= 0.6 is 11.3 Å². The van der Waals surface area contributed by atoms with Crippen LogP contribution in [0.3, 0.4) is 0 Å². The van der Waals surface area contributed by atoms with Crippen molar-refractivity contribution in [3.05, 3.63) is 71.2 Å². The van der Waals surface area contributed by atoms with Gasteiger partial charge in [0.15, 0.2) is 6.61 Å².